The fourth-order valence-corrected chi connectivity index (χ4v) is 0.938. The standard InChI is InChI=1S/C9H18O/c1-3-5-7-9(8-10)6-4-2/h6,10H,3-5,7-8H2,1-2H3/b9-6+. The molecule has 0 spiro atoms. The van der Waals surface area contributed by atoms with E-state index < -0.39 is 0 Å². The third kappa shape index (κ3) is 4.57. The molecule has 0 bridgehead atoms. The van der Waals surface area contributed by atoms with Crippen LogP contribution in [0.25, 0.3) is 0 Å². The molecule has 0 saturated carbocycles. The lowest BCUT2D eigenvalue weighted by Gasteiger charge is -2.00. The molecule has 0 fully saturated rings. The zero-order chi connectivity index (χ0) is 7.82. The summed E-state index contributed by atoms with van der Waals surface area (Å²) in [4.78, 5) is 0. The lowest BCUT2D eigenvalue weighted by Crippen LogP contribution is -1.89. The van der Waals surface area contributed by atoms with Crippen molar-refractivity contribution < 1.29 is 5.11 Å². The van der Waals surface area contributed by atoms with Crippen molar-refractivity contribution in [3.63, 3.8) is 0 Å². The molecule has 0 aliphatic rings. The first-order valence-electron chi connectivity index (χ1n) is 4.13. The van der Waals surface area contributed by atoms with E-state index >= 15 is 0 Å². The molecule has 0 rings (SSSR count). The van der Waals surface area contributed by atoms with E-state index in [1.807, 2.05) is 0 Å². The van der Waals surface area contributed by atoms with Crippen molar-refractivity contribution in [3.05, 3.63) is 11.6 Å². The maximum absolute atomic E-state index is 8.82. The fraction of sp³-hybridized carbons (Fsp3) is 0.778. The van der Waals surface area contributed by atoms with E-state index in [0.717, 1.165) is 12.8 Å². The summed E-state index contributed by atoms with van der Waals surface area (Å²) in [5.41, 5.74) is 1.20. The van der Waals surface area contributed by atoms with Crippen LogP contribution in [0.5, 0.6) is 0 Å². The molecule has 0 heterocycles. The van der Waals surface area contributed by atoms with Gasteiger partial charge < -0.3 is 5.11 Å². The van der Waals surface area contributed by atoms with Crippen LogP contribution < -0.4 is 0 Å². The minimum Gasteiger partial charge on any atom is -0.392 e. The lowest BCUT2D eigenvalue weighted by molar-refractivity contribution is 0.325. The number of rotatable bonds is 5. The molecule has 0 radical (unpaired) electrons. The van der Waals surface area contributed by atoms with Crippen LogP contribution in [0.1, 0.15) is 39.5 Å². The highest BCUT2D eigenvalue weighted by Crippen LogP contribution is 2.06. The van der Waals surface area contributed by atoms with Crippen molar-refractivity contribution >= 4 is 0 Å². The van der Waals surface area contributed by atoms with Crippen molar-refractivity contribution in [2.45, 2.75) is 39.5 Å². The highest BCUT2D eigenvalue weighted by atomic mass is 16.3. The summed E-state index contributed by atoms with van der Waals surface area (Å²) in [5, 5.41) is 8.82. The first kappa shape index (κ1) is 9.70. The van der Waals surface area contributed by atoms with Gasteiger partial charge in [-0.25, -0.2) is 0 Å². The Kier molecular flexibility index (Phi) is 6.61. The highest BCUT2D eigenvalue weighted by molar-refractivity contribution is 5.01. The quantitative estimate of drug-likeness (QED) is 0.585. The SMILES string of the molecule is CC/C=C(/CO)CCCC. The molecule has 10 heavy (non-hydrogen) atoms. The molecular formula is C9H18O. The van der Waals surface area contributed by atoms with Crippen LogP contribution >= 0.6 is 0 Å². The molecular weight excluding hydrogens is 124 g/mol. The summed E-state index contributed by atoms with van der Waals surface area (Å²) in [6.07, 6.45) is 6.64. The van der Waals surface area contributed by atoms with Gasteiger partial charge in [0.15, 0.2) is 0 Å². The normalized spacial score (nSPS) is 12.1. The van der Waals surface area contributed by atoms with Gasteiger partial charge in [-0.2, -0.15) is 0 Å². The second kappa shape index (κ2) is 6.81. The zero-order valence-corrected chi connectivity index (χ0v) is 7.06. The first-order chi connectivity index (χ1) is 4.85. The molecule has 0 aliphatic heterocycles. The van der Waals surface area contributed by atoms with Gasteiger partial charge in [0.05, 0.1) is 6.61 Å². The molecule has 0 atom stereocenters. The van der Waals surface area contributed by atoms with Gasteiger partial charge in [-0.1, -0.05) is 26.3 Å². The number of aliphatic hydroxyl groups is 1. The number of hydrogen-bond donors (Lipinski definition) is 1. The van der Waals surface area contributed by atoms with Gasteiger partial charge in [-0.3, -0.25) is 0 Å². The van der Waals surface area contributed by atoms with E-state index in [2.05, 4.69) is 19.9 Å². The molecule has 1 N–H and O–H groups in total. The molecule has 0 unspecified atom stereocenters. The van der Waals surface area contributed by atoms with Crippen LogP contribution in [0, 0.1) is 0 Å². The van der Waals surface area contributed by atoms with Crippen molar-refractivity contribution in [2.24, 2.45) is 0 Å². The van der Waals surface area contributed by atoms with Gasteiger partial charge in [0.25, 0.3) is 0 Å². The zero-order valence-electron chi connectivity index (χ0n) is 7.06. The molecule has 0 aromatic heterocycles. The predicted octanol–water partition coefficient (Wildman–Crippen LogP) is 2.51. The van der Waals surface area contributed by atoms with E-state index in [1.165, 1.54) is 18.4 Å². The Hall–Kier alpha value is -0.300. The average molecular weight is 142 g/mol. The van der Waals surface area contributed by atoms with Crippen LogP contribution in [-0.2, 0) is 0 Å². The van der Waals surface area contributed by atoms with Crippen LogP contribution in [0.4, 0.5) is 0 Å². The Bertz CT molecular complexity index is 94.9. The predicted molar refractivity (Wildman–Crippen MR) is 45.0 cm³/mol. The van der Waals surface area contributed by atoms with Crippen LogP contribution in [-0.4, -0.2) is 11.7 Å². The minimum absolute atomic E-state index is 0.244. The van der Waals surface area contributed by atoms with E-state index in [4.69, 9.17) is 5.11 Å². The Morgan fingerprint density at radius 3 is 2.50 bits per heavy atom. The second-order valence-electron chi connectivity index (χ2n) is 2.53. The summed E-state index contributed by atoms with van der Waals surface area (Å²) in [5.74, 6) is 0. The summed E-state index contributed by atoms with van der Waals surface area (Å²) in [6.45, 7) is 4.51. The Morgan fingerprint density at radius 2 is 2.10 bits per heavy atom. The van der Waals surface area contributed by atoms with E-state index in [0.29, 0.717) is 0 Å². The fourth-order valence-electron chi connectivity index (χ4n) is 0.938. The summed E-state index contributed by atoms with van der Waals surface area (Å²) in [6, 6.07) is 0. The first-order valence-corrected chi connectivity index (χ1v) is 4.13. The monoisotopic (exact) mass is 142 g/mol. The number of hydrogen-bond acceptors (Lipinski definition) is 1. The number of unbranched alkanes of at least 4 members (excludes halogenated alkanes) is 1. The molecule has 0 saturated heterocycles. The van der Waals surface area contributed by atoms with Gasteiger partial charge in [0.1, 0.15) is 0 Å². The Labute approximate surface area is 63.8 Å². The van der Waals surface area contributed by atoms with Crippen LogP contribution in [0.2, 0.25) is 0 Å². The van der Waals surface area contributed by atoms with E-state index in [-0.39, 0.29) is 6.61 Å². The van der Waals surface area contributed by atoms with Crippen molar-refractivity contribution in [1.29, 1.82) is 0 Å². The molecule has 60 valence electrons. The molecule has 0 aromatic carbocycles. The molecule has 0 aliphatic carbocycles. The van der Waals surface area contributed by atoms with E-state index in [9.17, 15) is 0 Å². The third-order valence-electron chi connectivity index (χ3n) is 1.55. The number of allylic oxidation sites excluding steroid dienone is 1. The summed E-state index contributed by atoms with van der Waals surface area (Å²) in [7, 11) is 0. The van der Waals surface area contributed by atoms with Gasteiger partial charge in [-0.05, 0) is 24.8 Å². The van der Waals surface area contributed by atoms with Crippen molar-refractivity contribution in [1.82, 2.24) is 0 Å². The molecule has 0 amide bonds. The maximum Gasteiger partial charge on any atom is 0.0641 e. The molecule has 1 heteroatoms. The Morgan fingerprint density at radius 1 is 1.40 bits per heavy atom. The summed E-state index contributed by atoms with van der Waals surface area (Å²) >= 11 is 0. The number of aliphatic hydroxyl groups excluding tert-OH is 1. The Balaban J connectivity index is 3.49. The minimum atomic E-state index is 0.244. The highest BCUT2D eigenvalue weighted by Gasteiger charge is 1.92. The van der Waals surface area contributed by atoms with E-state index in [1.54, 1.807) is 0 Å². The third-order valence-corrected chi connectivity index (χ3v) is 1.55. The lowest BCUT2D eigenvalue weighted by atomic mass is 10.1. The van der Waals surface area contributed by atoms with Gasteiger partial charge in [0.2, 0.25) is 0 Å². The second-order valence-corrected chi connectivity index (χ2v) is 2.53. The maximum atomic E-state index is 8.82. The van der Waals surface area contributed by atoms with Crippen LogP contribution in [0.3, 0.4) is 0 Å². The topological polar surface area (TPSA) is 20.2 Å². The van der Waals surface area contributed by atoms with Crippen LogP contribution in [0.15, 0.2) is 11.6 Å². The van der Waals surface area contributed by atoms with Gasteiger partial charge in [0, 0.05) is 0 Å². The largest absolute Gasteiger partial charge is 0.392 e. The summed E-state index contributed by atoms with van der Waals surface area (Å²) < 4.78 is 0. The van der Waals surface area contributed by atoms with Crippen molar-refractivity contribution in [2.75, 3.05) is 6.61 Å². The average Bonchev–Trinajstić information content (AvgIpc) is 1.98. The van der Waals surface area contributed by atoms with Crippen molar-refractivity contribution in [3.8, 4) is 0 Å². The van der Waals surface area contributed by atoms with Gasteiger partial charge in [-0.15, -0.1) is 0 Å². The molecule has 0 aromatic rings. The smallest absolute Gasteiger partial charge is 0.0641 e. The van der Waals surface area contributed by atoms with Gasteiger partial charge >= 0.3 is 0 Å². The molecule has 1 nitrogen and oxygen atoms in total.